The highest BCUT2D eigenvalue weighted by molar-refractivity contribution is 7.80. The predicted octanol–water partition coefficient (Wildman–Crippen LogP) is -0.782. The maximum Gasteiger partial charge on any atom is 0.326 e. The number of aromatic amines is 1. The second-order valence-corrected chi connectivity index (χ2v) is 9.82. The molecule has 1 aromatic carbocycles. The number of carboxylic acid groups (broad SMARTS) is 2. The number of nitrogens with one attached hydrogen (secondary N) is 5. The van der Waals surface area contributed by atoms with E-state index in [4.69, 9.17) is 10.8 Å². The zero-order chi connectivity index (χ0) is 32.2. The second-order valence-electron chi connectivity index (χ2n) is 9.38. The lowest BCUT2D eigenvalue weighted by Gasteiger charge is -2.19. The van der Waals surface area contributed by atoms with Gasteiger partial charge in [0.2, 0.25) is 17.8 Å². The second kappa shape index (κ2) is 15.8. The van der Waals surface area contributed by atoms with Crippen LogP contribution >= 0.6 is 12.6 Å². The molecule has 0 aromatic heterocycles. The molecule has 2 aliphatic rings. The summed E-state index contributed by atoms with van der Waals surface area (Å²) in [5, 5.41) is 28.9. The normalized spacial score (nSPS) is 12.1. The molecule has 234 valence electrons. The van der Waals surface area contributed by atoms with Crippen LogP contribution < -0.4 is 32.6 Å². The fourth-order valence-corrected chi connectivity index (χ4v) is 3.99. The molecule has 2 unspecified atom stereocenters. The van der Waals surface area contributed by atoms with E-state index in [-0.39, 0.29) is 61.8 Å². The lowest BCUT2D eigenvalue weighted by atomic mass is 10.1. The number of nitrogen functional groups attached to an aromatic ring is 1. The first-order valence-electron chi connectivity index (χ1n) is 13.3. The Kier molecular flexibility index (Phi) is 12.0. The maximum absolute atomic E-state index is 12.7. The van der Waals surface area contributed by atoms with Crippen molar-refractivity contribution in [2.75, 3.05) is 23.3 Å². The Morgan fingerprint density at radius 3 is 2.32 bits per heavy atom. The summed E-state index contributed by atoms with van der Waals surface area (Å²) in [5.74, 6) is -4.10. The van der Waals surface area contributed by atoms with Crippen LogP contribution in [0.25, 0.3) is 11.5 Å². The molecular weight excluding hydrogens is 598 g/mol. The summed E-state index contributed by atoms with van der Waals surface area (Å²) in [4.78, 5) is 86.7. The van der Waals surface area contributed by atoms with Crippen LogP contribution in [0.3, 0.4) is 0 Å². The number of aliphatic carboxylic acids is 2. The third kappa shape index (κ3) is 9.93. The molecule has 0 fully saturated rings. The zero-order valence-corrected chi connectivity index (χ0v) is 24.1. The first-order chi connectivity index (χ1) is 21.0. The minimum atomic E-state index is -1.41. The smallest absolute Gasteiger partial charge is 0.326 e. The number of rotatable bonds is 16. The summed E-state index contributed by atoms with van der Waals surface area (Å²) in [6, 6.07) is 3.56. The number of carbonyl (C=O) groups is 5. The van der Waals surface area contributed by atoms with Gasteiger partial charge >= 0.3 is 17.5 Å². The first kappa shape index (κ1) is 33.2. The van der Waals surface area contributed by atoms with Gasteiger partial charge in [-0.2, -0.15) is 22.6 Å². The fourth-order valence-electron chi connectivity index (χ4n) is 3.88. The van der Waals surface area contributed by atoms with Gasteiger partial charge in [0.1, 0.15) is 12.1 Å². The van der Waals surface area contributed by atoms with Crippen LogP contribution in [0.4, 0.5) is 11.6 Å². The average Bonchev–Trinajstić information content (AvgIpc) is 2.98. The van der Waals surface area contributed by atoms with E-state index in [0.717, 1.165) is 0 Å². The van der Waals surface area contributed by atoms with Crippen LogP contribution in [-0.4, -0.2) is 84.2 Å². The number of carbonyl (C=O) groups excluding carboxylic acids is 3. The van der Waals surface area contributed by atoms with Gasteiger partial charge in [0.25, 0.3) is 5.91 Å². The van der Waals surface area contributed by atoms with Crippen molar-refractivity contribution < 1.29 is 34.2 Å². The van der Waals surface area contributed by atoms with Gasteiger partial charge in [0.05, 0.1) is 12.2 Å². The van der Waals surface area contributed by atoms with E-state index in [2.05, 4.69) is 53.8 Å². The number of fused-ring (bicyclic) bond motifs is 1. The molecule has 0 bridgehead atoms. The lowest BCUT2D eigenvalue weighted by molar-refractivity contribution is -0.140. The van der Waals surface area contributed by atoms with Gasteiger partial charge in [0, 0.05) is 42.6 Å². The Hall–Kier alpha value is -5.26. The average molecular weight is 630 g/mol. The summed E-state index contributed by atoms with van der Waals surface area (Å²) in [5.41, 5.74) is 6.11. The molecule has 0 aliphatic carbocycles. The number of carboxylic acids is 2. The number of hydrogen-bond donors (Lipinski definition) is 9. The topological polar surface area (TPSA) is 271 Å². The van der Waals surface area contributed by atoms with E-state index in [0.29, 0.717) is 17.1 Å². The molecule has 18 heteroatoms. The van der Waals surface area contributed by atoms with E-state index in [1.165, 1.54) is 12.1 Å². The highest BCUT2D eigenvalue weighted by Crippen LogP contribution is 2.14. The van der Waals surface area contributed by atoms with E-state index in [1.54, 1.807) is 18.3 Å². The monoisotopic (exact) mass is 629 g/mol. The molecule has 3 amide bonds. The highest BCUT2D eigenvalue weighted by atomic mass is 32.1. The van der Waals surface area contributed by atoms with Crippen molar-refractivity contribution in [2.24, 2.45) is 0 Å². The van der Waals surface area contributed by atoms with Crippen molar-refractivity contribution in [2.45, 2.75) is 44.3 Å². The molecule has 17 nitrogen and oxygen atoms in total. The number of nitrogens with two attached hydrogens (primary N) is 1. The fraction of sp³-hybridized carbons (Fsp3) is 0.346. The number of amides is 3. The van der Waals surface area contributed by atoms with Gasteiger partial charge in [-0.15, -0.1) is 0 Å². The minimum absolute atomic E-state index is 0.0312. The van der Waals surface area contributed by atoms with Crippen LogP contribution in [0.1, 0.15) is 41.7 Å². The van der Waals surface area contributed by atoms with Gasteiger partial charge < -0.3 is 42.2 Å². The molecule has 44 heavy (non-hydrogen) atoms. The lowest BCUT2D eigenvalue weighted by Crippen LogP contribution is -2.48. The van der Waals surface area contributed by atoms with Gasteiger partial charge in [-0.3, -0.25) is 24.0 Å². The van der Waals surface area contributed by atoms with Crippen molar-refractivity contribution in [1.29, 1.82) is 0 Å². The Morgan fingerprint density at radius 1 is 0.955 bits per heavy atom. The standard InChI is InChI=1S/C26H31N9O8S/c27-26-34-21-20(24(41)35-26)31-15(12-30-21)11-29-14-3-1-13(2-4-14)22(39)33-17(25(42)43)5-7-18(36)32-16(6-8-19(37)38)23(40)28-9-10-44/h1-4,12,16-17,29,44H,5-11H2,(H,28,40)(H,32,36)(H,33,39)(H,37,38)(H,42,43)(H3,27,30,34,35,41). The summed E-state index contributed by atoms with van der Waals surface area (Å²) >= 11 is 3.98. The molecule has 2 atom stereocenters. The summed E-state index contributed by atoms with van der Waals surface area (Å²) in [6.45, 7) is 0.417. The Balaban J connectivity index is 1.54. The number of hydrogen-bond acceptors (Lipinski definition) is 12. The van der Waals surface area contributed by atoms with Crippen molar-refractivity contribution in [3.05, 3.63) is 52.1 Å². The molecule has 0 radical (unpaired) electrons. The maximum atomic E-state index is 12.7. The van der Waals surface area contributed by atoms with Crippen molar-refractivity contribution in [3.8, 4) is 11.5 Å². The van der Waals surface area contributed by atoms with Crippen molar-refractivity contribution in [1.82, 2.24) is 35.9 Å². The molecule has 0 spiro atoms. The zero-order valence-electron chi connectivity index (χ0n) is 23.2. The molecule has 2 aliphatic heterocycles. The third-order valence-electron chi connectivity index (χ3n) is 6.09. The number of nitrogens with zero attached hydrogens (tertiary/aromatic N) is 3. The van der Waals surface area contributed by atoms with Gasteiger partial charge in [0.15, 0.2) is 11.5 Å². The summed E-state index contributed by atoms with van der Waals surface area (Å²) < 4.78 is 0. The summed E-state index contributed by atoms with van der Waals surface area (Å²) in [6.07, 6.45) is 0.385. The van der Waals surface area contributed by atoms with Gasteiger partial charge in [-0.05, 0) is 37.1 Å². The molecule has 3 rings (SSSR count). The van der Waals surface area contributed by atoms with Crippen molar-refractivity contribution >= 4 is 53.9 Å². The predicted molar refractivity (Wildman–Crippen MR) is 159 cm³/mol. The molecule has 9 N–H and O–H groups in total. The van der Waals surface area contributed by atoms with Gasteiger partial charge in [-0.25, -0.2) is 9.78 Å². The number of anilines is 2. The molecule has 0 saturated carbocycles. The SMILES string of the molecule is Nc1nc2[nH]cc(CNc3ccc(C(=O)NC(CCC(=O)NC(CCC(=O)O)C(=O)NCCS)C(=O)O)cc3)nc-2c(=O)n1. The van der Waals surface area contributed by atoms with Crippen LogP contribution in [0, 0.1) is 0 Å². The van der Waals surface area contributed by atoms with E-state index < -0.39 is 47.3 Å². The number of benzene rings is 1. The van der Waals surface area contributed by atoms with Crippen LogP contribution in [0.15, 0.2) is 35.3 Å². The third-order valence-corrected chi connectivity index (χ3v) is 6.32. The first-order valence-corrected chi connectivity index (χ1v) is 13.9. The highest BCUT2D eigenvalue weighted by Gasteiger charge is 2.25. The van der Waals surface area contributed by atoms with E-state index in [1.807, 2.05) is 0 Å². The number of aromatic nitrogens is 4. The Bertz CT molecular complexity index is 1530. The number of thiol groups is 1. The molecule has 0 saturated heterocycles. The van der Waals surface area contributed by atoms with Crippen LogP contribution in [0.5, 0.6) is 0 Å². The van der Waals surface area contributed by atoms with Gasteiger partial charge in [-0.1, -0.05) is 0 Å². The molecular formula is C26H31N9O8S. The van der Waals surface area contributed by atoms with E-state index in [9.17, 15) is 33.9 Å². The van der Waals surface area contributed by atoms with Crippen molar-refractivity contribution in [3.63, 3.8) is 0 Å². The summed E-state index contributed by atoms with van der Waals surface area (Å²) in [7, 11) is 0. The number of H-pyrrole nitrogens is 1. The quantitative estimate of drug-likeness (QED) is 0.0881. The Morgan fingerprint density at radius 2 is 1.66 bits per heavy atom. The van der Waals surface area contributed by atoms with Crippen LogP contribution in [0.2, 0.25) is 0 Å². The van der Waals surface area contributed by atoms with Crippen LogP contribution in [-0.2, 0) is 25.7 Å². The largest absolute Gasteiger partial charge is 0.481 e. The van der Waals surface area contributed by atoms with E-state index >= 15 is 0 Å². The Labute approximate surface area is 255 Å². The molecule has 1 aromatic rings. The minimum Gasteiger partial charge on any atom is -0.481 e. The molecule has 2 heterocycles.